The van der Waals surface area contributed by atoms with E-state index in [1.807, 2.05) is 0 Å². The molecule has 3 aliphatic carbocycles. The Morgan fingerprint density at radius 1 is 0.750 bits per heavy atom. The first-order valence-electron chi connectivity index (χ1n) is 11.1. The van der Waals surface area contributed by atoms with Gasteiger partial charge in [-0.15, -0.1) is 0 Å². The van der Waals surface area contributed by atoms with Gasteiger partial charge in [-0.1, -0.05) is 109 Å². The second-order valence-corrected chi connectivity index (χ2v) is 12.0. The normalized spacial score (nSPS) is 24.5. The molecule has 2 saturated carbocycles. The van der Waals surface area contributed by atoms with Crippen LogP contribution in [0.1, 0.15) is 97.3 Å². The van der Waals surface area contributed by atoms with E-state index < -0.39 is 20.8 Å². The van der Waals surface area contributed by atoms with E-state index in [9.17, 15) is 0 Å². The van der Waals surface area contributed by atoms with Gasteiger partial charge in [0.2, 0.25) is 0 Å². The second kappa shape index (κ2) is 21.2. The number of halogens is 2. The van der Waals surface area contributed by atoms with E-state index in [0.717, 1.165) is 23.7 Å². The van der Waals surface area contributed by atoms with Gasteiger partial charge in [0.1, 0.15) is 0 Å². The number of hydrogen-bond acceptors (Lipinski definition) is 0. The Kier molecular flexibility index (Phi) is 23.6. The van der Waals surface area contributed by atoms with E-state index in [2.05, 4.69) is 38.2 Å². The van der Waals surface area contributed by atoms with Crippen LogP contribution in [0, 0.1) is 38.5 Å². The Balaban J connectivity index is 0. The van der Waals surface area contributed by atoms with Crippen molar-refractivity contribution in [2.75, 3.05) is 0 Å². The van der Waals surface area contributed by atoms with Crippen LogP contribution in [0.3, 0.4) is 0 Å². The molecule has 0 spiro atoms. The van der Waals surface area contributed by atoms with Gasteiger partial charge < -0.3 is 14.9 Å². The van der Waals surface area contributed by atoms with Gasteiger partial charge in [-0.2, -0.15) is 0 Å². The predicted molar refractivity (Wildman–Crippen MR) is 128 cm³/mol. The van der Waals surface area contributed by atoms with Crippen LogP contribution >= 0.6 is 17.0 Å². The molecule has 2 atom stereocenters. The van der Waals surface area contributed by atoms with Crippen molar-refractivity contribution in [3.8, 4) is 0 Å². The summed E-state index contributed by atoms with van der Waals surface area (Å²) in [5.74, 6) is 3.90. The van der Waals surface area contributed by atoms with E-state index in [-0.39, 0.29) is 14.9 Å². The number of rotatable bonds is 7. The maximum atomic E-state index is 4.93. The monoisotopic (exact) mass is 506 g/mol. The van der Waals surface area contributed by atoms with E-state index in [1.165, 1.54) is 83.5 Å². The molecule has 0 amide bonds. The van der Waals surface area contributed by atoms with Crippen LogP contribution < -0.4 is 0 Å². The average molecular weight is 509 g/mol. The third kappa shape index (κ3) is 14.0. The Labute approximate surface area is 197 Å². The van der Waals surface area contributed by atoms with E-state index in [0.29, 0.717) is 0 Å². The molecular formula is C25H46Cl2Zr. The van der Waals surface area contributed by atoms with Crippen molar-refractivity contribution in [3.63, 3.8) is 0 Å². The molecule has 0 N–H and O–H groups in total. The Bertz CT molecular complexity index is 355. The topological polar surface area (TPSA) is 0 Å². The molecule has 164 valence electrons. The zero-order valence-corrected chi connectivity index (χ0v) is 23.0. The first-order valence-corrected chi connectivity index (χ1v) is 17.4. The summed E-state index contributed by atoms with van der Waals surface area (Å²) in [5.41, 5.74) is 0. The molecule has 3 aliphatic rings. The third-order valence-electron chi connectivity index (χ3n) is 6.25. The third-order valence-corrected chi connectivity index (χ3v) is 6.25. The molecule has 0 aromatic heterocycles. The van der Waals surface area contributed by atoms with Crippen LogP contribution in [0.5, 0.6) is 0 Å². The standard InChI is InChI=1S/C14H22.C9H18.2CH3.2ClH.Zr/c1-2-3-4-7-12-10-13-8-5-6-9-14(13)11-12;1-2-3-6-9-7-4-5-8-9;;;;;/h5-6,8-9,12-14H,2-4,7,10-11H2,1H3;9H,2-8H2,1H3;2*1H3;2*1H;/q;;2*-1;;;+4/p-2. The Morgan fingerprint density at radius 3 is 1.68 bits per heavy atom. The summed E-state index contributed by atoms with van der Waals surface area (Å²) in [6.07, 6.45) is 28.4. The van der Waals surface area contributed by atoms with E-state index in [4.69, 9.17) is 17.0 Å². The SMILES string of the molecule is CCCCC1CCCC1.CCCCCC1CC2C=CC=CC2C1.[CH3-].[CH3-].[Cl][Zr+2][Cl]. The molecule has 0 nitrogen and oxygen atoms in total. The summed E-state index contributed by atoms with van der Waals surface area (Å²) in [6.45, 7) is 4.58. The van der Waals surface area contributed by atoms with Crippen molar-refractivity contribution < 1.29 is 20.8 Å². The van der Waals surface area contributed by atoms with Gasteiger partial charge in [-0.05, 0) is 36.5 Å². The zero-order chi connectivity index (χ0) is 19.0. The summed E-state index contributed by atoms with van der Waals surface area (Å²) in [4.78, 5) is 0. The maximum absolute atomic E-state index is 4.93. The van der Waals surface area contributed by atoms with Crippen LogP contribution in [0.2, 0.25) is 0 Å². The average Bonchev–Trinajstić information content (AvgIpc) is 3.30. The number of fused-ring (bicyclic) bond motifs is 1. The molecule has 28 heavy (non-hydrogen) atoms. The summed E-state index contributed by atoms with van der Waals surface area (Å²) in [6, 6.07) is 0. The van der Waals surface area contributed by atoms with Crippen LogP contribution in [-0.2, 0) is 20.8 Å². The van der Waals surface area contributed by atoms with Crippen molar-refractivity contribution in [2.24, 2.45) is 23.7 Å². The Hall–Kier alpha value is 0.943. The molecule has 0 aromatic carbocycles. The summed E-state index contributed by atoms with van der Waals surface area (Å²) < 4.78 is 0. The molecule has 0 saturated heterocycles. The summed E-state index contributed by atoms with van der Waals surface area (Å²) in [5, 5.41) is 0. The fraction of sp³-hybridized carbons (Fsp3) is 0.760. The summed E-state index contributed by atoms with van der Waals surface area (Å²) >= 11 is -0.826. The van der Waals surface area contributed by atoms with Crippen molar-refractivity contribution in [3.05, 3.63) is 39.2 Å². The number of unbranched alkanes of at least 4 members (excludes halogenated alkanes) is 3. The number of hydrogen-bond donors (Lipinski definition) is 0. The quantitative estimate of drug-likeness (QED) is 0.237. The van der Waals surface area contributed by atoms with Gasteiger partial charge in [-0.25, -0.2) is 0 Å². The summed E-state index contributed by atoms with van der Waals surface area (Å²) in [7, 11) is 9.87. The van der Waals surface area contributed by atoms with Crippen molar-refractivity contribution in [2.45, 2.75) is 97.3 Å². The fourth-order valence-corrected chi connectivity index (χ4v) is 4.78. The fourth-order valence-electron chi connectivity index (χ4n) is 4.78. The molecular weight excluding hydrogens is 462 g/mol. The molecule has 2 unspecified atom stereocenters. The molecule has 0 bridgehead atoms. The van der Waals surface area contributed by atoms with E-state index in [1.54, 1.807) is 0 Å². The number of allylic oxidation sites excluding steroid dienone is 4. The minimum absolute atomic E-state index is 0. The van der Waals surface area contributed by atoms with Gasteiger partial charge >= 0.3 is 37.9 Å². The van der Waals surface area contributed by atoms with Crippen molar-refractivity contribution >= 4 is 17.0 Å². The first-order chi connectivity index (χ1) is 12.7. The molecule has 3 heteroatoms. The Morgan fingerprint density at radius 2 is 1.21 bits per heavy atom. The predicted octanol–water partition coefficient (Wildman–Crippen LogP) is 9.98. The van der Waals surface area contributed by atoms with Crippen LogP contribution in [-0.4, -0.2) is 0 Å². The van der Waals surface area contributed by atoms with Crippen molar-refractivity contribution in [1.29, 1.82) is 0 Å². The minimum atomic E-state index is -0.826. The van der Waals surface area contributed by atoms with Crippen LogP contribution in [0.15, 0.2) is 24.3 Å². The molecule has 0 aromatic rings. The first kappa shape index (κ1) is 31.1. The molecule has 2 fully saturated rings. The molecule has 0 heterocycles. The van der Waals surface area contributed by atoms with Gasteiger partial charge in [0.15, 0.2) is 0 Å². The van der Waals surface area contributed by atoms with E-state index >= 15 is 0 Å². The second-order valence-electron chi connectivity index (χ2n) is 8.29. The van der Waals surface area contributed by atoms with Gasteiger partial charge in [0, 0.05) is 0 Å². The molecule has 0 radical (unpaired) electrons. The van der Waals surface area contributed by atoms with Gasteiger partial charge in [0.25, 0.3) is 0 Å². The molecule has 3 rings (SSSR count). The van der Waals surface area contributed by atoms with Gasteiger partial charge in [0.05, 0.1) is 0 Å². The van der Waals surface area contributed by atoms with Gasteiger partial charge in [-0.3, -0.25) is 0 Å². The van der Waals surface area contributed by atoms with Crippen LogP contribution in [0.4, 0.5) is 0 Å². The van der Waals surface area contributed by atoms with Crippen LogP contribution in [0.25, 0.3) is 0 Å². The zero-order valence-electron chi connectivity index (χ0n) is 19.1. The molecule has 0 aliphatic heterocycles. The van der Waals surface area contributed by atoms with Crippen molar-refractivity contribution in [1.82, 2.24) is 0 Å².